The molecule has 3 aromatic heterocycles. The highest BCUT2D eigenvalue weighted by Gasteiger charge is 2.35. The van der Waals surface area contributed by atoms with Gasteiger partial charge < -0.3 is 14.0 Å². The molecule has 0 saturated carbocycles. The number of ether oxygens (including phenoxy) is 2. The second kappa shape index (κ2) is 8.47. The lowest BCUT2D eigenvalue weighted by Crippen LogP contribution is -2.21. The molecule has 11 heteroatoms. The summed E-state index contributed by atoms with van der Waals surface area (Å²) >= 11 is 0. The molecule has 5 rings (SSSR count). The number of imidazole rings is 1. The van der Waals surface area contributed by atoms with E-state index < -0.39 is 12.3 Å². The van der Waals surface area contributed by atoms with E-state index >= 15 is 0 Å². The topological polar surface area (TPSA) is 79.9 Å². The number of aromatic nitrogens is 6. The molecule has 0 spiro atoms. The number of fused-ring (bicyclic) bond motifs is 1. The number of rotatable bonds is 5. The number of nitrogens with zero attached hydrogens (tertiary/aromatic N) is 6. The van der Waals surface area contributed by atoms with Gasteiger partial charge in [0.15, 0.2) is 11.4 Å². The van der Waals surface area contributed by atoms with Crippen molar-refractivity contribution >= 4 is 0 Å². The Balaban J connectivity index is 1.53. The minimum Gasteiger partial charge on any atom is -0.494 e. The van der Waals surface area contributed by atoms with Crippen LogP contribution in [-0.2, 0) is 6.54 Å². The Kier molecular flexibility index (Phi) is 5.46. The van der Waals surface area contributed by atoms with Crippen molar-refractivity contribution in [2.75, 3.05) is 7.11 Å². The van der Waals surface area contributed by atoms with Crippen LogP contribution in [-0.4, -0.2) is 42.8 Å². The smallest absolute Gasteiger partial charge is 0.494 e. The number of hydrogen-bond acceptors (Lipinski definition) is 6. The number of halogens is 3. The van der Waals surface area contributed by atoms with Crippen LogP contribution < -0.4 is 9.47 Å². The van der Waals surface area contributed by atoms with Gasteiger partial charge in [0.1, 0.15) is 11.6 Å². The summed E-state index contributed by atoms with van der Waals surface area (Å²) in [4.78, 5) is 13.4. The standard InChI is InChI=1S/C23H21F3N6O2/c1-14-12-31(13-28-14)15-10-19(33-2)20(27-11-15)21-29-22-17(7-5-9-32(22)30-21)16-6-3-4-8-18(16)34-23(24,25)26/h3-4,6,8,10-13,17H,5,7,9H2,1-2H3. The molecule has 1 aliphatic heterocycles. The maximum atomic E-state index is 13.0. The summed E-state index contributed by atoms with van der Waals surface area (Å²) in [6.45, 7) is 2.50. The summed E-state index contributed by atoms with van der Waals surface area (Å²) in [6.07, 6.45) is 1.81. The Hall–Kier alpha value is -3.89. The second-order valence-electron chi connectivity index (χ2n) is 7.96. The highest BCUT2D eigenvalue weighted by molar-refractivity contribution is 5.61. The average molecular weight is 470 g/mol. The second-order valence-corrected chi connectivity index (χ2v) is 7.96. The van der Waals surface area contributed by atoms with Crippen molar-refractivity contribution in [1.82, 2.24) is 29.3 Å². The first kappa shape index (κ1) is 21.9. The molecule has 0 fully saturated rings. The predicted octanol–water partition coefficient (Wildman–Crippen LogP) is 4.67. The van der Waals surface area contributed by atoms with Crippen LogP contribution in [0.25, 0.3) is 17.2 Å². The summed E-state index contributed by atoms with van der Waals surface area (Å²) in [5, 5.41) is 4.60. The van der Waals surface area contributed by atoms with Crippen LogP contribution in [0.1, 0.15) is 35.8 Å². The summed E-state index contributed by atoms with van der Waals surface area (Å²) in [5.41, 5.74) is 2.50. The van der Waals surface area contributed by atoms with Gasteiger partial charge in [-0.05, 0) is 25.8 Å². The zero-order chi connectivity index (χ0) is 23.9. The third kappa shape index (κ3) is 4.20. The Morgan fingerprint density at radius 1 is 1.12 bits per heavy atom. The minimum absolute atomic E-state index is 0.228. The van der Waals surface area contributed by atoms with Crippen molar-refractivity contribution in [2.24, 2.45) is 0 Å². The lowest BCUT2D eigenvalue weighted by atomic mass is 9.90. The van der Waals surface area contributed by atoms with Gasteiger partial charge in [0.25, 0.3) is 0 Å². The number of alkyl halides is 3. The average Bonchev–Trinajstić information content (AvgIpc) is 3.44. The zero-order valence-corrected chi connectivity index (χ0v) is 18.5. The summed E-state index contributed by atoms with van der Waals surface area (Å²) in [6, 6.07) is 7.97. The number of pyridine rings is 1. The molecule has 0 N–H and O–H groups in total. The van der Waals surface area contributed by atoms with E-state index in [-0.39, 0.29) is 5.75 Å². The molecule has 176 valence electrons. The fourth-order valence-electron chi connectivity index (χ4n) is 4.19. The molecule has 0 bridgehead atoms. The maximum Gasteiger partial charge on any atom is 0.573 e. The molecule has 8 nitrogen and oxygen atoms in total. The molecular formula is C23H21F3N6O2. The van der Waals surface area contributed by atoms with E-state index in [9.17, 15) is 13.2 Å². The van der Waals surface area contributed by atoms with Crippen LogP contribution in [0.4, 0.5) is 13.2 Å². The lowest BCUT2D eigenvalue weighted by Gasteiger charge is -2.24. The van der Waals surface area contributed by atoms with Gasteiger partial charge in [-0.1, -0.05) is 18.2 Å². The molecule has 1 aliphatic rings. The fourth-order valence-corrected chi connectivity index (χ4v) is 4.19. The minimum atomic E-state index is -4.78. The normalized spacial score (nSPS) is 15.7. The van der Waals surface area contributed by atoms with Gasteiger partial charge in [-0.25, -0.2) is 19.6 Å². The quantitative estimate of drug-likeness (QED) is 0.422. The first-order chi connectivity index (χ1) is 16.3. The molecule has 4 aromatic rings. The Bertz CT molecular complexity index is 1330. The van der Waals surface area contributed by atoms with Gasteiger partial charge in [0.2, 0.25) is 5.82 Å². The fraction of sp³-hybridized carbons (Fsp3) is 0.304. The highest BCUT2D eigenvalue weighted by atomic mass is 19.4. The van der Waals surface area contributed by atoms with Crippen molar-refractivity contribution in [2.45, 2.75) is 38.6 Å². The SMILES string of the molecule is COc1cc(-n2cnc(C)c2)cnc1-c1nc2n(n1)CCCC2c1ccccc1OC(F)(F)F. The summed E-state index contributed by atoms with van der Waals surface area (Å²) in [7, 11) is 1.53. The van der Waals surface area contributed by atoms with E-state index in [2.05, 4.69) is 24.8 Å². The number of hydrogen-bond donors (Lipinski definition) is 0. The van der Waals surface area contributed by atoms with Gasteiger partial charge in [0.05, 0.1) is 31.0 Å². The predicted molar refractivity (Wildman–Crippen MR) is 116 cm³/mol. The van der Waals surface area contributed by atoms with Crippen LogP contribution in [0.15, 0.2) is 49.1 Å². The molecular weight excluding hydrogens is 449 g/mol. The van der Waals surface area contributed by atoms with E-state index in [4.69, 9.17) is 4.74 Å². The molecule has 0 aliphatic carbocycles. The van der Waals surface area contributed by atoms with Crippen molar-refractivity contribution < 1.29 is 22.6 Å². The van der Waals surface area contributed by atoms with Crippen molar-refractivity contribution in [3.8, 4) is 28.7 Å². The third-order valence-corrected chi connectivity index (χ3v) is 5.67. The van der Waals surface area contributed by atoms with Crippen molar-refractivity contribution in [3.05, 3.63) is 66.1 Å². The molecule has 1 unspecified atom stereocenters. The van der Waals surface area contributed by atoms with Crippen LogP contribution >= 0.6 is 0 Å². The Morgan fingerprint density at radius 3 is 2.68 bits per heavy atom. The molecule has 0 amide bonds. The van der Waals surface area contributed by atoms with E-state index in [0.717, 1.165) is 17.8 Å². The first-order valence-corrected chi connectivity index (χ1v) is 10.7. The number of benzene rings is 1. The number of para-hydroxylation sites is 1. The van der Waals surface area contributed by atoms with Crippen LogP contribution in [0.5, 0.6) is 11.5 Å². The number of methoxy groups -OCH3 is 1. The molecule has 4 heterocycles. The summed E-state index contributed by atoms with van der Waals surface area (Å²) < 4.78 is 52.3. The van der Waals surface area contributed by atoms with E-state index in [1.54, 1.807) is 29.3 Å². The number of aryl methyl sites for hydroxylation is 2. The molecule has 34 heavy (non-hydrogen) atoms. The van der Waals surface area contributed by atoms with E-state index in [1.807, 2.05) is 23.8 Å². The largest absolute Gasteiger partial charge is 0.573 e. The van der Waals surface area contributed by atoms with Gasteiger partial charge in [0, 0.05) is 30.3 Å². The molecule has 0 radical (unpaired) electrons. The van der Waals surface area contributed by atoms with Gasteiger partial charge in [-0.2, -0.15) is 0 Å². The Labute approximate surface area is 193 Å². The zero-order valence-electron chi connectivity index (χ0n) is 18.5. The lowest BCUT2D eigenvalue weighted by molar-refractivity contribution is -0.275. The molecule has 1 aromatic carbocycles. The Morgan fingerprint density at radius 2 is 1.94 bits per heavy atom. The van der Waals surface area contributed by atoms with E-state index in [0.29, 0.717) is 41.6 Å². The summed E-state index contributed by atoms with van der Waals surface area (Å²) in [5.74, 6) is 0.768. The van der Waals surface area contributed by atoms with E-state index in [1.165, 1.54) is 19.2 Å². The van der Waals surface area contributed by atoms with Crippen LogP contribution in [0, 0.1) is 6.92 Å². The van der Waals surface area contributed by atoms with Gasteiger partial charge in [-0.3, -0.25) is 0 Å². The van der Waals surface area contributed by atoms with Crippen LogP contribution in [0.2, 0.25) is 0 Å². The highest BCUT2D eigenvalue weighted by Crippen LogP contribution is 2.40. The first-order valence-electron chi connectivity index (χ1n) is 10.7. The molecule has 1 atom stereocenters. The maximum absolute atomic E-state index is 13.0. The monoisotopic (exact) mass is 470 g/mol. The van der Waals surface area contributed by atoms with Crippen molar-refractivity contribution in [1.29, 1.82) is 0 Å². The van der Waals surface area contributed by atoms with Crippen molar-refractivity contribution in [3.63, 3.8) is 0 Å². The van der Waals surface area contributed by atoms with Gasteiger partial charge in [-0.15, -0.1) is 18.3 Å². The van der Waals surface area contributed by atoms with Gasteiger partial charge >= 0.3 is 6.36 Å². The third-order valence-electron chi connectivity index (χ3n) is 5.67. The molecule has 0 saturated heterocycles. The van der Waals surface area contributed by atoms with Crippen LogP contribution in [0.3, 0.4) is 0 Å².